The summed E-state index contributed by atoms with van der Waals surface area (Å²) in [5.74, 6) is 1.87. The Morgan fingerprint density at radius 1 is 0.750 bits per heavy atom. The Kier molecular flexibility index (Phi) is 4.18. The van der Waals surface area contributed by atoms with Crippen molar-refractivity contribution in [3.63, 3.8) is 0 Å². The van der Waals surface area contributed by atoms with Crippen LogP contribution >= 0.6 is 0 Å². The van der Waals surface area contributed by atoms with Gasteiger partial charge in [0.1, 0.15) is 0 Å². The van der Waals surface area contributed by atoms with Crippen LogP contribution in [-0.2, 0) is 0 Å². The highest BCUT2D eigenvalue weighted by molar-refractivity contribution is 5.43. The third-order valence-electron chi connectivity index (χ3n) is 3.31. The molecule has 0 aromatic heterocycles. The molecule has 0 aliphatic carbocycles. The third-order valence-corrected chi connectivity index (χ3v) is 3.31. The number of hydrogen-bond acceptors (Lipinski definition) is 0. The molecule has 0 bridgehead atoms. The predicted molar refractivity (Wildman–Crippen MR) is 73.4 cm³/mol. The zero-order valence-corrected chi connectivity index (χ0v) is 11.9. The first-order chi connectivity index (χ1) is 7.34. The SMILES string of the molecule is Cc1cc(C(C)C)cc(C(C)C)c1C(C)C. The van der Waals surface area contributed by atoms with Crippen LogP contribution in [0.3, 0.4) is 0 Å². The largest absolute Gasteiger partial charge is 0.0587 e. The molecule has 16 heavy (non-hydrogen) atoms. The summed E-state index contributed by atoms with van der Waals surface area (Å²) in [4.78, 5) is 0. The Hall–Kier alpha value is -0.780. The number of benzene rings is 1. The summed E-state index contributed by atoms with van der Waals surface area (Å²) in [5.41, 5.74) is 6.04. The maximum atomic E-state index is 2.41. The highest BCUT2D eigenvalue weighted by Gasteiger charge is 2.14. The van der Waals surface area contributed by atoms with Crippen molar-refractivity contribution in [2.45, 2.75) is 66.2 Å². The van der Waals surface area contributed by atoms with Gasteiger partial charge in [0.15, 0.2) is 0 Å². The maximum Gasteiger partial charge on any atom is -0.0213 e. The van der Waals surface area contributed by atoms with Gasteiger partial charge in [0.05, 0.1) is 0 Å². The highest BCUT2D eigenvalue weighted by Crippen LogP contribution is 2.32. The Morgan fingerprint density at radius 2 is 1.31 bits per heavy atom. The second-order valence-corrected chi connectivity index (χ2v) is 5.80. The molecule has 0 aliphatic rings. The molecule has 0 nitrogen and oxygen atoms in total. The van der Waals surface area contributed by atoms with Gasteiger partial charge < -0.3 is 0 Å². The molecule has 0 N–H and O–H groups in total. The van der Waals surface area contributed by atoms with Gasteiger partial charge in [-0.05, 0) is 46.9 Å². The summed E-state index contributed by atoms with van der Waals surface area (Å²) in [6, 6.07) is 4.78. The molecule has 0 amide bonds. The van der Waals surface area contributed by atoms with Crippen LogP contribution in [0.5, 0.6) is 0 Å². The Bertz CT molecular complexity index is 357. The van der Waals surface area contributed by atoms with E-state index in [0.717, 1.165) is 0 Å². The van der Waals surface area contributed by atoms with E-state index >= 15 is 0 Å². The second kappa shape index (κ2) is 5.03. The molecule has 90 valence electrons. The molecule has 0 fully saturated rings. The van der Waals surface area contributed by atoms with Crippen molar-refractivity contribution in [2.75, 3.05) is 0 Å². The maximum absolute atomic E-state index is 2.41. The second-order valence-electron chi connectivity index (χ2n) is 5.80. The smallest absolute Gasteiger partial charge is 0.0213 e. The molecule has 0 heterocycles. The minimum absolute atomic E-state index is 0.620. The Morgan fingerprint density at radius 3 is 1.69 bits per heavy atom. The molecule has 0 spiro atoms. The van der Waals surface area contributed by atoms with E-state index in [9.17, 15) is 0 Å². The van der Waals surface area contributed by atoms with Gasteiger partial charge in [-0.1, -0.05) is 53.7 Å². The van der Waals surface area contributed by atoms with E-state index in [0.29, 0.717) is 17.8 Å². The molecule has 1 aromatic carbocycles. The normalized spacial score (nSPS) is 11.9. The Labute approximate surface area is 101 Å². The first-order valence-electron chi connectivity index (χ1n) is 6.48. The minimum atomic E-state index is 0.620. The van der Waals surface area contributed by atoms with Gasteiger partial charge in [-0.3, -0.25) is 0 Å². The summed E-state index contributed by atoms with van der Waals surface area (Å²) in [6.45, 7) is 16.0. The summed E-state index contributed by atoms with van der Waals surface area (Å²) >= 11 is 0. The fraction of sp³-hybridized carbons (Fsp3) is 0.625. The molecule has 0 saturated carbocycles. The average Bonchev–Trinajstić information content (AvgIpc) is 2.15. The van der Waals surface area contributed by atoms with Crippen molar-refractivity contribution >= 4 is 0 Å². The van der Waals surface area contributed by atoms with E-state index in [-0.39, 0.29) is 0 Å². The minimum Gasteiger partial charge on any atom is -0.0587 e. The van der Waals surface area contributed by atoms with Gasteiger partial charge in [-0.2, -0.15) is 0 Å². The molecular weight excluding hydrogens is 192 g/mol. The molecular formula is C16H26. The van der Waals surface area contributed by atoms with Gasteiger partial charge in [0, 0.05) is 0 Å². The van der Waals surface area contributed by atoms with Gasteiger partial charge in [-0.15, -0.1) is 0 Å². The van der Waals surface area contributed by atoms with Crippen molar-refractivity contribution in [3.05, 3.63) is 34.4 Å². The molecule has 0 saturated heterocycles. The predicted octanol–water partition coefficient (Wildman–Crippen LogP) is 5.37. The Balaban J connectivity index is 3.39. The van der Waals surface area contributed by atoms with Crippen LogP contribution in [0.1, 0.15) is 81.5 Å². The summed E-state index contributed by atoms with van der Waals surface area (Å²) in [5, 5.41) is 0. The highest BCUT2D eigenvalue weighted by atomic mass is 14.2. The molecule has 1 aromatic rings. The lowest BCUT2D eigenvalue weighted by atomic mass is 9.84. The number of rotatable bonds is 3. The first kappa shape index (κ1) is 13.3. The molecule has 0 heteroatoms. The number of aryl methyl sites for hydroxylation is 1. The zero-order valence-electron chi connectivity index (χ0n) is 11.9. The lowest BCUT2D eigenvalue weighted by Crippen LogP contribution is -2.04. The van der Waals surface area contributed by atoms with Crippen LogP contribution in [-0.4, -0.2) is 0 Å². The monoisotopic (exact) mass is 218 g/mol. The van der Waals surface area contributed by atoms with Crippen LogP contribution in [0.15, 0.2) is 12.1 Å². The number of hydrogen-bond donors (Lipinski definition) is 0. The summed E-state index contributed by atoms with van der Waals surface area (Å²) in [6.07, 6.45) is 0. The van der Waals surface area contributed by atoms with Crippen LogP contribution in [0, 0.1) is 6.92 Å². The van der Waals surface area contributed by atoms with E-state index in [2.05, 4.69) is 60.6 Å². The lowest BCUT2D eigenvalue weighted by Gasteiger charge is -2.21. The van der Waals surface area contributed by atoms with Crippen molar-refractivity contribution in [1.29, 1.82) is 0 Å². The molecule has 0 atom stereocenters. The topological polar surface area (TPSA) is 0 Å². The van der Waals surface area contributed by atoms with Crippen LogP contribution in [0.4, 0.5) is 0 Å². The van der Waals surface area contributed by atoms with Crippen molar-refractivity contribution < 1.29 is 0 Å². The van der Waals surface area contributed by atoms with E-state index in [4.69, 9.17) is 0 Å². The van der Waals surface area contributed by atoms with Crippen LogP contribution in [0.25, 0.3) is 0 Å². The van der Waals surface area contributed by atoms with E-state index in [1.807, 2.05) is 0 Å². The summed E-state index contributed by atoms with van der Waals surface area (Å²) in [7, 11) is 0. The lowest BCUT2D eigenvalue weighted by molar-refractivity contribution is 0.770. The fourth-order valence-corrected chi connectivity index (χ4v) is 2.45. The third kappa shape index (κ3) is 2.66. The van der Waals surface area contributed by atoms with Gasteiger partial charge >= 0.3 is 0 Å². The quantitative estimate of drug-likeness (QED) is 0.640. The van der Waals surface area contributed by atoms with E-state index in [1.54, 1.807) is 11.1 Å². The molecule has 0 aliphatic heterocycles. The first-order valence-corrected chi connectivity index (χ1v) is 6.48. The van der Waals surface area contributed by atoms with Crippen molar-refractivity contribution in [2.24, 2.45) is 0 Å². The van der Waals surface area contributed by atoms with Crippen LogP contribution < -0.4 is 0 Å². The molecule has 0 radical (unpaired) electrons. The van der Waals surface area contributed by atoms with Gasteiger partial charge in [0.2, 0.25) is 0 Å². The van der Waals surface area contributed by atoms with E-state index < -0.39 is 0 Å². The molecule has 0 unspecified atom stereocenters. The average molecular weight is 218 g/mol. The van der Waals surface area contributed by atoms with E-state index in [1.165, 1.54) is 11.1 Å². The molecule has 1 rings (SSSR count). The van der Waals surface area contributed by atoms with Crippen molar-refractivity contribution in [1.82, 2.24) is 0 Å². The van der Waals surface area contributed by atoms with Gasteiger partial charge in [0.25, 0.3) is 0 Å². The standard InChI is InChI=1S/C16H26/c1-10(2)14-8-13(7)16(12(5)6)15(9-14)11(3)4/h8-12H,1-7H3. The van der Waals surface area contributed by atoms with Crippen LogP contribution in [0.2, 0.25) is 0 Å². The fourth-order valence-electron chi connectivity index (χ4n) is 2.45. The zero-order chi connectivity index (χ0) is 12.5. The van der Waals surface area contributed by atoms with Gasteiger partial charge in [-0.25, -0.2) is 0 Å². The van der Waals surface area contributed by atoms with Crippen molar-refractivity contribution in [3.8, 4) is 0 Å². The summed E-state index contributed by atoms with van der Waals surface area (Å²) < 4.78 is 0.